The highest BCUT2D eigenvalue weighted by atomic mass is 19.2. The fraction of sp³-hybridized carbons (Fsp3) is 0.524. The minimum atomic E-state index is -1.10. The molecule has 0 aromatic heterocycles. The molecule has 2 atom stereocenters. The lowest BCUT2D eigenvalue weighted by molar-refractivity contribution is -0.134. The first kappa shape index (κ1) is 21.9. The summed E-state index contributed by atoms with van der Waals surface area (Å²) in [5.74, 6) is -2.42. The largest absolute Gasteiger partial charge is 0.466 e. The van der Waals surface area contributed by atoms with E-state index in [4.69, 9.17) is 0 Å². The minimum Gasteiger partial charge on any atom is -0.466 e. The van der Waals surface area contributed by atoms with Gasteiger partial charge in [-0.05, 0) is 48.8 Å². The highest BCUT2D eigenvalue weighted by Gasteiger charge is 2.56. The number of nitrogens with zero attached hydrogens (tertiary/aromatic N) is 1. The number of carbonyl (C=O) groups excluding carboxylic acids is 1. The summed E-state index contributed by atoms with van der Waals surface area (Å²) in [4.78, 5) is 24.8. The third-order valence-corrected chi connectivity index (χ3v) is 5.58. The van der Waals surface area contributed by atoms with Crippen LogP contribution in [0.1, 0.15) is 52.0 Å². The molecule has 0 spiro atoms. The van der Waals surface area contributed by atoms with Crippen LogP contribution in [0.15, 0.2) is 30.4 Å². The maximum absolute atomic E-state index is 14.0. The summed E-state index contributed by atoms with van der Waals surface area (Å²) in [6.45, 7) is 5.72. The van der Waals surface area contributed by atoms with Crippen molar-refractivity contribution in [2.45, 2.75) is 58.0 Å². The van der Waals surface area contributed by atoms with E-state index in [9.17, 15) is 23.5 Å². The second-order valence-electron chi connectivity index (χ2n) is 8.09. The molecule has 1 N–H and O–H groups in total. The summed E-state index contributed by atoms with van der Waals surface area (Å²) >= 11 is 0. The number of amides is 1. The van der Waals surface area contributed by atoms with Crippen LogP contribution in [-0.4, -0.2) is 35.2 Å². The highest BCUT2D eigenvalue weighted by Crippen LogP contribution is 2.54. The number of carbonyl (C=O) groups is 2. The molecule has 5 nitrogen and oxygen atoms in total. The molecule has 1 amide bonds. The van der Waals surface area contributed by atoms with E-state index in [0.29, 0.717) is 31.2 Å². The zero-order valence-corrected chi connectivity index (χ0v) is 16.7. The third-order valence-electron chi connectivity index (χ3n) is 5.58. The molecule has 1 aliphatic rings. The molecule has 1 aromatic carbocycles. The zero-order chi connectivity index (χ0) is 21.1. The van der Waals surface area contributed by atoms with Crippen LogP contribution in [0.25, 0.3) is 0 Å². The molecule has 1 aromatic rings. The molecule has 0 aliphatic carbocycles. The van der Waals surface area contributed by atoms with Crippen LogP contribution < -0.4 is 0 Å². The second-order valence-corrected chi connectivity index (χ2v) is 8.09. The first-order valence-corrected chi connectivity index (χ1v) is 9.27. The van der Waals surface area contributed by atoms with Crippen molar-refractivity contribution in [3.8, 4) is 0 Å². The highest BCUT2D eigenvalue weighted by molar-refractivity contribution is 5.81. The van der Waals surface area contributed by atoms with Crippen molar-refractivity contribution in [1.82, 2.24) is 4.90 Å². The Bertz CT molecular complexity index is 772. The van der Waals surface area contributed by atoms with Gasteiger partial charge in [0, 0.05) is 12.1 Å². The number of likely N-dealkylation sites (tertiary alicyclic amines) is 1. The normalized spacial score (nSPS) is 22.6. The van der Waals surface area contributed by atoms with E-state index in [-0.39, 0.29) is 6.04 Å². The standard InChI is InChI=1S/C21H27F2NO4/c1-20(2,3)21(14-9-10-16(22)17(23)13-14)12-11-15(24(21)19(26)27)7-5-6-8-18(25)28-4/h6,8-10,13,15H,5,7,11-12H2,1-4H3,(H,26,27)/t15-,21+/m0/s1. The molecule has 0 unspecified atom stereocenters. The van der Waals surface area contributed by atoms with E-state index < -0.39 is 34.7 Å². The molecule has 0 radical (unpaired) electrons. The van der Waals surface area contributed by atoms with E-state index in [1.807, 2.05) is 20.8 Å². The zero-order valence-electron chi connectivity index (χ0n) is 16.7. The van der Waals surface area contributed by atoms with Crippen molar-refractivity contribution in [1.29, 1.82) is 0 Å². The van der Waals surface area contributed by atoms with Gasteiger partial charge >= 0.3 is 12.1 Å². The van der Waals surface area contributed by atoms with Gasteiger partial charge in [-0.15, -0.1) is 0 Å². The molecule has 1 fully saturated rings. The summed E-state index contributed by atoms with van der Waals surface area (Å²) in [7, 11) is 1.29. The summed E-state index contributed by atoms with van der Waals surface area (Å²) in [6.07, 6.45) is 3.98. The average molecular weight is 395 g/mol. The minimum absolute atomic E-state index is 0.299. The van der Waals surface area contributed by atoms with Crippen LogP contribution >= 0.6 is 0 Å². The quantitative estimate of drug-likeness (QED) is 0.571. The van der Waals surface area contributed by atoms with Crippen LogP contribution in [0.4, 0.5) is 13.6 Å². The summed E-state index contributed by atoms with van der Waals surface area (Å²) in [5.41, 5.74) is -1.08. The molecule has 1 saturated heterocycles. The van der Waals surface area contributed by atoms with Gasteiger partial charge in [0.1, 0.15) is 0 Å². The van der Waals surface area contributed by atoms with Gasteiger partial charge in [-0.1, -0.05) is 32.9 Å². The number of hydrogen-bond acceptors (Lipinski definition) is 3. The Morgan fingerprint density at radius 3 is 2.54 bits per heavy atom. The Hall–Kier alpha value is -2.44. The van der Waals surface area contributed by atoms with Gasteiger partial charge in [0.25, 0.3) is 0 Å². The molecule has 1 heterocycles. The topological polar surface area (TPSA) is 66.8 Å². The fourth-order valence-corrected chi connectivity index (χ4v) is 4.27. The van der Waals surface area contributed by atoms with Crippen LogP contribution in [-0.2, 0) is 15.1 Å². The molecule has 7 heteroatoms. The van der Waals surface area contributed by atoms with Gasteiger partial charge in [-0.3, -0.25) is 4.90 Å². The molecule has 2 rings (SSSR count). The van der Waals surface area contributed by atoms with E-state index >= 15 is 0 Å². The summed E-state index contributed by atoms with van der Waals surface area (Å²) in [5, 5.41) is 10.0. The number of esters is 1. The van der Waals surface area contributed by atoms with Crippen molar-refractivity contribution < 1.29 is 28.2 Å². The first-order chi connectivity index (χ1) is 13.0. The van der Waals surface area contributed by atoms with Crippen molar-refractivity contribution in [3.05, 3.63) is 47.5 Å². The predicted octanol–water partition coefficient (Wildman–Crippen LogP) is 4.86. The van der Waals surface area contributed by atoms with Crippen LogP contribution in [0, 0.1) is 17.0 Å². The van der Waals surface area contributed by atoms with Gasteiger partial charge in [-0.2, -0.15) is 0 Å². The number of rotatable bonds is 5. The predicted molar refractivity (Wildman–Crippen MR) is 101 cm³/mol. The number of carboxylic acid groups (broad SMARTS) is 1. The summed E-state index contributed by atoms with van der Waals surface area (Å²) in [6, 6.07) is 3.33. The van der Waals surface area contributed by atoms with Crippen LogP contribution in [0.3, 0.4) is 0 Å². The van der Waals surface area contributed by atoms with E-state index in [1.54, 1.807) is 6.08 Å². The van der Waals surface area contributed by atoms with Gasteiger partial charge in [0.15, 0.2) is 11.6 Å². The van der Waals surface area contributed by atoms with Crippen molar-refractivity contribution >= 4 is 12.1 Å². The molecular formula is C21H27F2NO4. The number of ether oxygens (including phenoxy) is 1. The van der Waals surface area contributed by atoms with Gasteiger partial charge in [0.05, 0.1) is 12.6 Å². The third kappa shape index (κ3) is 4.03. The monoisotopic (exact) mass is 395 g/mol. The molecule has 0 bridgehead atoms. The molecular weight excluding hydrogens is 368 g/mol. The Kier molecular flexibility index (Phi) is 6.47. The number of benzene rings is 1. The van der Waals surface area contributed by atoms with Crippen molar-refractivity contribution in [2.24, 2.45) is 5.41 Å². The number of hydrogen-bond donors (Lipinski definition) is 1. The molecule has 1 aliphatic heterocycles. The van der Waals surface area contributed by atoms with Gasteiger partial charge in [-0.25, -0.2) is 18.4 Å². The average Bonchev–Trinajstić information content (AvgIpc) is 3.01. The fourth-order valence-electron chi connectivity index (χ4n) is 4.27. The van der Waals surface area contributed by atoms with Crippen LogP contribution in [0.2, 0.25) is 0 Å². The molecule has 0 saturated carbocycles. The first-order valence-electron chi connectivity index (χ1n) is 9.27. The Morgan fingerprint density at radius 1 is 1.32 bits per heavy atom. The van der Waals surface area contributed by atoms with Crippen molar-refractivity contribution in [2.75, 3.05) is 7.11 Å². The van der Waals surface area contributed by atoms with E-state index in [1.165, 1.54) is 24.2 Å². The Morgan fingerprint density at radius 2 is 2.00 bits per heavy atom. The SMILES string of the molecule is COC(=O)C=CCC[C@H]1CC[C@@](c2ccc(F)c(F)c2)(C(C)(C)C)N1C(=O)O. The lowest BCUT2D eigenvalue weighted by Gasteiger charge is -2.49. The smallest absolute Gasteiger partial charge is 0.408 e. The number of allylic oxidation sites excluding steroid dienone is 1. The lowest BCUT2D eigenvalue weighted by atomic mass is 9.67. The Labute approximate surface area is 164 Å². The second kappa shape index (κ2) is 8.29. The van der Waals surface area contributed by atoms with Crippen LogP contribution in [0.5, 0.6) is 0 Å². The van der Waals surface area contributed by atoms with Gasteiger partial charge in [0.2, 0.25) is 0 Å². The molecule has 154 valence electrons. The van der Waals surface area contributed by atoms with Gasteiger partial charge < -0.3 is 9.84 Å². The maximum Gasteiger partial charge on any atom is 0.408 e. The number of halogens is 2. The maximum atomic E-state index is 14.0. The number of methoxy groups -OCH3 is 1. The van der Waals surface area contributed by atoms with E-state index in [2.05, 4.69) is 4.74 Å². The lowest BCUT2D eigenvalue weighted by Crippen LogP contribution is -2.55. The summed E-state index contributed by atoms with van der Waals surface area (Å²) < 4.78 is 32.0. The van der Waals surface area contributed by atoms with E-state index in [0.717, 1.165) is 12.1 Å². The molecule has 28 heavy (non-hydrogen) atoms. The Balaban J connectivity index is 2.40. The van der Waals surface area contributed by atoms with Crippen molar-refractivity contribution in [3.63, 3.8) is 0 Å².